The van der Waals surface area contributed by atoms with E-state index < -0.39 is 0 Å². The Balaban J connectivity index is 1.94. The van der Waals surface area contributed by atoms with Crippen LogP contribution in [-0.4, -0.2) is 15.5 Å². The molecule has 2 aromatic carbocycles. The molecule has 0 atom stereocenters. The van der Waals surface area contributed by atoms with Crippen molar-refractivity contribution in [3.05, 3.63) is 65.0 Å². The topological polar surface area (TPSA) is 34.9 Å². The summed E-state index contributed by atoms with van der Waals surface area (Å²) in [6, 6.07) is 12.1. The molecule has 0 unspecified atom stereocenters. The molecule has 0 fully saturated rings. The van der Waals surface area contributed by atoms with Crippen molar-refractivity contribution in [3.63, 3.8) is 0 Å². The van der Waals surface area contributed by atoms with Crippen LogP contribution in [0.5, 0.6) is 0 Å². The predicted octanol–water partition coefficient (Wildman–Crippen LogP) is 3.84. The van der Waals surface area contributed by atoms with Crippen LogP contribution in [0, 0.1) is 20.8 Å². The van der Waals surface area contributed by atoms with E-state index in [9.17, 15) is 4.79 Å². The van der Waals surface area contributed by atoms with Gasteiger partial charge in [0.15, 0.2) is 0 Å². The monoisotopic (exact) mass is 278 g/mol. The van der Waals surface area contributed by atoms with Crippen LogP contribution >= 0.6 is 0 Å². The fourth-order valence-corrected chi connectivity index (χ4v) is 2.43. The minimum atomic E-state index is 0.0459. The summed E-state index contributed by atoms with van der Waals surface area (Å²) in [5.41, 5.74) is 6.35. The molecule has 3 nitrogen and oxygen atoms in total. The second-order valence-corrected chi connectivity index (χ2v) is 5.60. The standard InChI is InChI=1S/C18H18N2O/c1-12-4-6-15(7-5-12)10-18(21)20-11-19-16-8-13(2)14(3)9-17(16)20/h4-9,11H,10H2,1-3H3. The van der Waals surface area contributed by atoms with Crippen LogP contribution in [0.25, 0.3) is 11.0 Å². The molecule has 3 rings (SSSR count). The Bertz CT molecular complexity index is 813. The van der Waals surface area contributed by atoms with Gasteiger partial charge in [-0.05, 0) is 49.6 Å². The molecular formula is C18H18N2O. The maximum absolute atomic E-state index is 12.5. The molecule has 0 aliphatic heterocycles. The maximum Gasteiger partial charge on any atom is 0.236 e. The molecule has 0 radical (unpaired) electrons. The molecule has 1 aromatic heterocycles. The third-order valence-electron chi connectivity index (χ3n) is 3.91. The van der Waals surface area contributed by atoms with Gasteiger partial charge in [-0.3, -0.25) is 9.36 Å². The second kappa shape index (κ2) is 5.17. The zero-order valence-electron chi connectivity index (χ0n) is 12.6. The van der Waals surface area contributed by atoms with Gasteiger partial charge in [-0.1, -0.05) is 29.8 Å². The summed E-state index contributed by atoms with van der Waals surface area (Å²) in [6.07, 6.45) is 2.01. The van der Waals surface area contributed by atoms with Gasteiger partial charge in [-0.2, -0.15) is 0 Å². The molecule has 0 aliphatic rings. The first-order valence-electron chi connectivity index (χ1n) is 7.07. The SMILES string of the molecule is Cc1ccc(CC(=O)n2cnc3cc(C)c(C)cc32)cc1. The third-order valence-corrected chi connectivity index (χ3v) is 3.91. The van der Waals surface area contributed by atoms with Gasteiger partial charge in [0.25, 0.3) is 0 Å². The van der Waals surface area contributed by atoms with Gasteiger partial charge in [0.05, 0.1) is 17.5 Å². The van der Waals surface area contributed by atoms with Crippen molar-refractivity contribution in [1.29, 1.82) is 0 Å². The zero-order chi connectivity index (χ0) is 15.0. The molecule has 0 spiro atoms. The van der Waals surface area contributed by atoms with Gasteiger partial charge < -0.3 is 0 Å². The van der Waals surface area contributed by atoms with Crippen LogP contribution in [0.3, 0.4) is 0 Å². The predicted molar refractivity (Wildman–Crippen MR) is 84.7 cm³/mol. The molecule has 21 heavy (non-hydrogen) atoms. The number of aromatic nitrogens is 2. The second-order valence-electron chi connectivity index (χ2n) is 5.60. The van der Waals surface area contributed by atoms with Gasteiger partial charge >= 0.3 is 0 Å². The Morgan fingerprint density at radius 3 is 2.43 bits per heavy atom. The molecule has 3 heteroatoms. The Morgan fingerprint density at radius 2 is 1.71 bits per heavy atom. The first kappa shape index (κ1) is 13.6. The lowest BCUT2D eigenvalue weighted by Crippen LogP contribution is -2.12. The molecule has 106 valence electrons. The summed E-state index contributed by atoms with van der Waals surface area (Å²) >= 11 is 0. The van der Waals surface area contributed by atoms with Gasteiger partial charge in [0.1, 0.15) is 6.33 Å². The van der Waals surface area contributed by atoms with Gasteiger partial charge in [-0.15, -0.1) is 0 Å². The lowest BCUT2D eigenvalue weighted by atomic mass is 10.1. The summed E-state index contributed by atoms with van der Waals surface area (Å²) < 4.78 is 1.65. The number of hydrogen-bond acceptors (Lipinski definition) is 2. The van der Waals surface area contributed by atoms with E-state index >= 15 is 0 Å². The minimum absolute atomic E-state index is 0.0459. The molecular weight excluding hydrogens is 260 g/mol. The zero-order valence-corrected chi connectivity index (χ0v) is 12.6. The van der Waals surface area contributed by atoms with Crippen molar-refractivity contribution in [2.45, 2.75) is 27.2 Å². The van der Waals surface area contributed by atoms with E-state index in [4.69, 9.17) is 0 Å². The lowest BCUT2D eigenvalue weighted by Gasteiger charge is -2.05. The highest BCUT2D eigenvalue weighted by Gasteiger charge is 2.11. The van der Waals surface area contributed by atoms with Gasteiger partial charge in [0.2, 0.25) is 5.91 Å². The molecule has 0 saturated carbocycles. The number of aryl methyl sites for hydroxylation is 3. The number of rotatable bonds is 2. The highest BCUT2D eigenvalue weighted by molar-refractivity contribution is 5.91. The summed E-state index contributed by atoms with van der Waals surface area (Å²) in [5, 5.41) is 0. The van der Waals surface area contributed by atoms with Crippen LogP contribution in [0.4, 0.5) is 0 Å². The summed E-state index contributed by atoms with van der Waals surface area (Å²) in [7, 11) is 0. The van der Waals surface area contributed by atoms with E-state index in [1.54, 1.807) is 10.9 Å². The quantitative estimate of drug-likeness (QED) is 0.713. The normalized spacial score (nSPS) is 11.0. The maximum atomic E-state index is 12.5. The van der Waals surface area contributed by atoms with Crippen molar-refractivity contribution in [2.24, 2.45) is 0 Å². The highest BCUT2D eigenvalue weighted by Crippen LogP contribution is 2.19. The molecule has 1 heterocycles. The number of carbonyl (C=O) groups is 1. The van der Waals surface area contributed by atoms with Crippen LogP contribution in [0.2, 0.25) is 0 Å². The van der Waals surface area contributed by atoms with Crippen molar-refractivity contribution < 1.29 is 4.79 Å². The van der Waals surface area contributed by atoms with Crippen molar-refractivity contribution in [3.8, 4) is 0 Å². The van der Waals surface area contributed by atoms with Crippen LogP contribution < -0.4 is 0 Å². The number of benzene rings is 2. The number of fused-ring (bicyclic) bond motifs is 1. The fraction of sp³-hybridized carbons (Fsp3) is 0.222. The Hall–Kier alpha value is -2.42. The Kier molecular flexibility index (Phi) is 3.34. The fourth-order valence-electron chi connectivity index (χ4n) is 2.43. The number of carbonyl (C=O) groups excluding carboxylic acids is 1. The van der Waals surface area contributed by atoms with E-state index in [0.29, 0.717) is 6.42 Å². The average molecular weight is 278 g/mol. The molecule has 0 bridgehead atoms. The van der Waals surface area contributed by atoms with Gasteiger partial charge in [-0.25, -0.2) is 4.98 Å². The Labute approximate surface area is 124 Å². The van der Waals surface area contributed by atoms with E-state index in [1.165, 1.54) is 16.7 Å². The average Bonchev–Trinajstić information content (AvgIpc) is 2.85. The lowest BCUT2D eigenvalue weighted by molar-refractivity contribution is 0.0919. The summed E-state index contributed by atoms with van der Waals surface area (Å²) in [4.78, 5) is 16.8. The Morgan fingerprint density at radius 1 is 1.05 bits per heavy atom. The molecule has 0 aliphatic carbocycles. The minimum Gasteiger partial charge on any atom is -0.274 e. The van der Waals surface area contributed by atoms with Crippen molar-refractivity contribution in [2.75, 3.05) is 0 Å². The largest absolute Gasteiger partial charge is 0.274 e. The van der Waals surface area contributed by atoms with Crippen LogP contribution in [-0.2, 0) is 6.42 Å². The van der Waals surface area contributed by atoms with Crippen LogP contribution in [0.1, 0.15) is 27.0 Å². The molecule has 3 aromatic rings. The van der Waals surface area contributed by atoms with Gasteiger partial charge in [0, 0.05) is 0 Å². The summed E-state index contributed by atoms with van der Waals surface area (Å²) in [5.74, 6) is 0.0459. The highest BCUT2D eigenvalue weighted by atomic mass is 16.2. The number of hydrogen-bond donors (Lipinski definition) is 0. The summed E-state index contributed by atoms with van der Waals surface area (Å²) in [6.45, 7) is 6.15. The van der Waals surface area contributed by atoms with E-state index in [-0.39, 0.29) is 5.91 Å². The van der Waals surface area contributed by atoms with E-state index in [0.717, 1.165) is 16.6 Å². The number of imidazole rings is 1. The molecule has 0 saturated heterocycles. The van der Waals surface area contributed by atoms with E-state index in [2.05, 4.69) is 18.8 Å². The first-order valence-corrected chi connectivity index (χ1v) is 7.07. The van der Waals surface area contributed by atoms with Crippen molar-refractivity contribution >= 4 is 16.9 Å². The molecule has 0 amide bonds. The first-order chi connectivity index (χ1) is 10.0. The van der Waals surface area contributed by atoms with Crippen molar-refractivity contribution in [1.82, 2.24) is 9.55 Å². The molecule has 0 N–H and O–H groups in total. The third kappa shape index (κ3) is 2.59. The number of nitrogens with zero attached hydrogens (tertiary/aromatic N) is 2. The van der Waals surface area contributed by atoms with E-state index in [1.807, 2.05) is 43.3 Å². The smallest absolute Gasteiger partial charge is 0.236 e. The van der Waals surface area contributed by atoms with Crippen LogP contribution in [0.15, 0.2) is 42.7 Å².